The Morgan fingerprint density at radius 3 is 2.20 bits per heavy atom. The Labute approximate surface area is 60.0 Å². The summed E-state index contributed by atoms with van der Waals surface area (Å²) < 4.78 is 23.5. The number of alkyl halides is 2. The molecule has 0 saturated heterocycles. The first-order valence-corrected chi connectivity index (χ1v) is 4.21. The number of rotatable bonds is 2. The molecule has 0 bridgehead atoms. The lowest BCUT2D eigenvalue weighted by Gasteiger charge is -1.89. The molecule has 1 atom stereocenters. The Morgan fingerprint density at radius 1 is 1.10 bits per heavy atom. The van der Waals surface area contributed by atoms with Gasteiger partial charge in [-0.2, -0.15) is 8.78 Å². The van der Waals surface area contributed by atoms with Crippen molar-refractivity contribution in [1.82, 2.24) is 0 Å². The normalized spacial score (nSPS) is 11.5. The van der Waals surface area contributed by atoms with Gasteiger partial charge < -0.3 is 0 Å². The van der Waals surface area contributed by atoms with E-state index in [0.717, 1.165) is 5.30 Å². The third-order valence-electron chi connectivity index (χ3n) is 1.12. The van der Waals surface area contributed by atoms with Crippen LogP contribution >= 0.6 is 8.58 Å². The van der Waals surface area contributed by atoms with Crippen LogP contribution in [0, 0.1) is 0 Å². The van der Waals surface area contributed by atoms with Crippen molar-refractivity contribution in [3.8, 4) is 0 Å². The maximum Gasteiger partial charge on any atom is 0.344 e. The molecule has 0 fully saturated rings. The molecule has 1 rings (SSSR count). The maximum atomic E-state index is 11.8. The summed E-state index contributed by atoms with van der Waals surface area (Å²) in [5.74, 6) is 0. The van der Waals surface area contributed by atoms with Crippen LogP contribution in [0.3, 0.4) is 0 Å². The second-order valence-electron chi connectivity index (χ2n) is 1.91. The molecule has 0 nitrogen and oxygen atoms in total. The minimum absolute atomic E-state index is 0.775. The molecular weight excluding hydrogens is 153 g/mol. The predicted molar refractivity (Wildman–Crippen MR) is 41.8 cm³/mol. The van der Waals surface area contributed by atoms with E-state index in [0.29, 0.717) is 0 Å². The average molecular weight is 161 g/mol. The van der Waals surface area contributed by atoms with Crippen molar-refractivity contribution in [3.63, 3.8) is 0 Å². The predicted octanol–water partition coefficient (Wildman–Crippen LogP) is 1.95. The fourth-order valence-electron chi connectivity index (χ4n) is 0.710. The van der Waals surface area contributed by atoms with E-state index in [1.165, 1.54) is 0 Å². The van der Waals surface area contributed by atoms with Crippen molar-refractivity contribution in [2.45, 2.75) is 6.17 Å². The van der Waals surface area contributed by atoms with Gasteiger partial charge >= 0.3 is 6.17 Å². The smallest absolute Gasteiger partial charge is 0.170 e. The molecule has 54 valence electrons. The van der Waals surface area contributed by atoms with E-state index in [2.05, 4.69) is 0 Å². The van der Waals surface area contributed by atoms with E-state index in [1.54, 1.807) is 24.3 Å². The molecule has 0 amide bonds. The minimum Gasteiger partial charge on any atom is -0.170 e. The number of hydrogen-bond acceptors (Lipinski definition) is 0. The maximum absolute atomic E-state index is 11.8. The quantitative estimate of drug-likeness (QED) is 0.581. The molecule has 0 spiro atoms. The van der Waals surface area contributed by atoms with Crippen molar-refractivity contribution in [1.29, 1.82) is 0 Å². The van der Waals surface area contributed by atoms with Gasteiger partial charge in [0, 0.05) is 0 Å². The molecule has 1 aromatic rings. The van der Waals surface area contributed by atoms with E-state index >= 15 is 0 Å². The highest BCUT2D eigenvalue weighted by molar-refractivity contribution is 7.47. The van der Waals surface area contributed by atoms with Gasteiger partial charge in [0.25, 0.3) is 0 Å². The third kappa shape index (κ3) is 2.40. The Hall–Kier alpha value is -0.490. The summed E-state index contributed by atoms with van der Waals surface area (Å²) in [5, 5.41) is 0.775. The lowest BCUT2D eigenvalue weighted by molar-refractivity contribution is 0.249. The first kappa shape index (κ1) is 7.62. The summed E-state index contributed by atoms with van der Waals surface area (Å²) in [4.78, 5) is 0. The van der Waals surface area contributed by atoms with Crippen molar-refractivity contribution >= 4 is 13.9 Å². The van der Waals surface area contributed by atoms with Gasteiger partial charge in [-0.3, -0.25) is 0 Å². The van der Waals surface area contributed by atoms with Crippen LogP contribution in [0.5, 0.6) is 0 Å². The Balaban J connectivity index is 2.59. The average Bonchev–Trinajstić information content (AvgIpc) is 1.88. The molecule has 0 saturated carbocycles. The highest BCUT2D eigenvalue weighted by Gasteiger charge is 2.09. The SMILES string of the molecule is FC(F)[PH2+]c1ccccc1. The van der Waals surface area contributed by atoms with Gasteiger partial charge in [0.2, 0.25) is 0 Å². The van der Waals surface area contributed by atoms with Gasteiger partial charge in [-0.25, -0.2) is 0 Å². The number of benzene rings is 1. The van der Waals surface area contributed by atoms with Crippen LogP contribution in [0.2, 0.25) is 0 Å². The van der Waals surface area contributed by atoms with Crippen LogP contribution in [0.15, 0.2) is 30.3 Å². The van der Waals surface area contributed by atoms with Crippen LogP contribution in [0.4, 0.5) is 8.78 Å². The molecule has 0 aliphatic heterocycles. The topological polar surface area (TPSA) is 0 Å². The molecule has 0 radical (unpaired) electrons. The fourth-order valence-corrected chi connectivity index (χ4v) is 1.45. The number of halogens is 2. The van der Waals surface area contributed by atoms with E-state index in [1.807, 2.05) is 6.07 Å². The lowest BCUT2D eigenvalue weighted by Crippen LogP contribution is -1.94. The van der Waals surface area contributed by atoms with Crippen LogP contribution < -0.4 is 5.30 Å². The third-order valence-corrected chi connectivity index (χ3v) is 2.14. The zero-order valence-electron chi connectivity index (χ0n) is 5.30. The first-order valence-electron chi connectivity index (χ1n) is 2.97. The molecule has 10 heavy (non-hydrogen) atoms. The van der Waals surface area contributed by atoms with Gasteiger partial charge in [0.15, 0.2) is 0 Å². The molecular formula is C7H8F2P+. The minimum atomic E-state index is -2.15. The van der Waals surface area contributed by atoms with Gasteiger partial charge in [0.1, 0.15) is 0 Å². The van der Waals surface area contributed by atoms with E-state index in [9.17, 15) is 8.78 Å². The molecule has 0 aliphatic rings. The Kier molecular flexibility index (Phi) is 2.76. The fraction of sp³-hybridized carbons (Fsp3) is 0.143. The van der Waals surface area contributed by atoms with Crippen LogP contribution in [-0.2, 0) is 0 Å². The largest absolute Gasteiger partial charge is 0.344 e. The van der Waals surface area contributed by atoms with E-state index in [4.69, 9.17) is 0 Å². The first-order chi connectivity index (χ1) is 4.79. The molecule has 3 heteroatoms. The summed E-state index contributed by atoms with van der Waals surface area (Å²) in [6.45, 7) is 0. The molecule has 0 aromatic heterocycles. The van der Waals surface area contributed by atoms with Crippen LogP contribution in [0.1, 0.15) is 0 Å². The Bertz CT molecular complexity index is 186. The zero-order valence-corrected chi connectivity index (χ0v) is 6.45. The number of hydrogen-bond donors (Lipinski definition) is 0. The van der Waals surface area contributed by atoms with Crippen molar-refractivity contribution in [2.75, 3.05) is 0 Å². The van der Waals surface area contributed by atoms with Gasteiger partial charge in [0.05, 0.1) is 13.9 Å². The highest BCUT2D eigenvalue weighted by atomic mass is 31.1. The van der Waals surface area contributed by atoms with Crippen LogP contribution in [0.25, 0.3) is 0 Å². The van der Waals surface area contributed by atoms with Crippen molar-refractivity contribution in [2.24, 2.45) is 0 Å². The molecule has 1 aromatic carbocycles. The molecule has 0 aliphatic carbocycles. The second kappa shape index (κ2) is 3.62. The molecule has 0 heterocycles. The second-order valence-corrected chi connectivity index (χ2v) is 3.42. The van der Waals surface area contributed by atoms with Crippen LogP contribution in [-0.4, -0.2) is 6.17 Å². The summed E-state index contributed by atoms with van der Waals surface area (Å²) >= 11 is 0. The highest BCUT2D eigenvalue weighted by Crippen LogP contribution is 2.19. The summed E-state index contributed by atoms with van der Waals surface area (Å²) in [6, 6.07) is 8.87. The van der Waals surface area contributed by atoms with Gasteiger partial charge in [-0.1, -0.05) is 18.2 Å². The zero-order chi connectivity index (χ0) is 7.40. The van der Waals surface area contributed by atoms with Gasteiger partial charge in [-0.05, 0) is 12.1 Å². The van der Waals surface area contributed by atoms with Gasteiger partial charge in [-0.15, -0.1) is 0 Å². The summed E-state index contributed by atoms with van der Waals surface area (Å²) in [6.07, 6.45) is -2.15. The standard InChI is InChI=1S/C7H7F2P/c8-7(9)10-6-4-2-1-3-5-6/h1-5,7,10H/p+1. The molecule has 0 N–H and O–H groups in total. The van der Waals surface area contributed by atoms with Crippen molar-refractivity contribution < 1.29 is 8.78 Å². The monoisotopic (exact) mass is 161 g/mol. The summed E-state index contributed by atoms with van der Waals surface area (Å²) in [5.41, 5.74) is 0. The molecule has 1 unspecified atom stereocenters. The summed E-state index contributed by atoms with van der Waals surface area (Å²) in [7, 11) is -0.841. The van der Waals surface area contributed by atoms with E-state index < -0.39 is 14.7 Å². The lowest BCUT2D eigenvalue weighted by atomic mass is 10.4. The van der Waals surface area contributed by atoms with E-state index in [-0.39, 0.29) is 0 Å². The Morgan fingerprint density at radius 2 is 1.70 bits per heavy atom. The van der Waals surface area contributed by atoms with Crippen molar-refractivity contribution in [3.05, 3.63) is 30.3 Å².